The molecule has 0 aliphatic carbocycles. The van der Waals surface area contributed by atoms with E-state index in [2.05, 4.69) is 23.8 Å². The second-order valence-electron chi connectivity index (χ2n) is 7.98. The van der Waals surface area contributed by atoms with Gasteiger partial charge in [-0.2, -0.15) is 4.31 Å². The smallest absolute Gasteiger partial charge is 0.254 e. The van der Waals surface area contributed by atoms with Crippen molar-refractivity contribution in [2.45, 2.75) is 18.7 Å². The molecule has 164 valence electrons. The third-order valence-corrected chi connectivity index (χ3v) is 7.16. The van der Waals surface area contributed by atoms with Gasteiger partial charge in [-0.1, -0.05) is 19.9 Å². The number of pyridine rings is 1. The minimum absolute atomic E-state index is 0.122. The lowest BCUT2D eigenvalue weighted by molar-refractivity contribution is 0.0697. The van der Waals surface area contributed by atoms with Crippen LogP contribution in [0, 0.1) is 5.92 Å². The highest BCUT2D eigenvalue weighted by atomic mass is 32.2. The highest BCUT2D eigenvalue weighted by molar-refractivity contribution is 7.89. The van der Waals surface area contributed by atoms with E-state index in [0.717, 1.165) is 0 Å². The Morgan fingerprint density at radius 1 is 1.16 bits per heavy atom. The largest absolute Gasteiger partial charge is 0.493 e. The Bertz CT molecular complexity index is 1180. The van der Waals surface area contributed by atoms with E-state index in [0.29, 0.717) is 48.0 Å². The SMILES string of the molecule is CC(C)COc1cccc(C(=O)N2CCN(S(=O)(=O)c3c[nH]c4ncccc34)CC2)c1. The summed E-state index contributed by atoms with van der Waals surface area (Å²) in [5.74, 6) is 0.930. The summed E-state index contributed by atoms with van der Waals surface area (Å²) in [7, 11) is -3.68. The van der Waals surface area contributed by atoms with Crippen molar-refractivity contribution < 1.29 is 17.9 Å². The molecule has 1 fully saturated rings. The molecule has 0 unspecified atom stereocenters. The number of carbonyl (C=O) groups excluding carboxylic acids is 1. The number of H-pyrrole nitrogens is 1. The molecule has 1 N–H and O–H groups in total. The lowest BCUT2D eigenvalue weighted by Crippen LogP contribution is -2.50. The van der Waals surface area contributed by atoms with E-state index in [1.807, 2.05) is 6.07 Å². The zero-order valence-corrected chi connectivity index (χ0v) is 18.4. The van der Waals surface area contributed by atoms with Crippen molar-refractivity contribution in [1.82, 2.24) is 19.2 Å². The molecule has 3 heterocycles. The molecular formula is C22H26N4O4S. The molecule has 0 bridgehead atoms. The number of nitrogens with zero attached hydrogens (tertiary/aromatic N) is 3. The Morgan fingerprint density at radius 2 is 1.94 bits per heavy atom. The fourth-order valence-electron chi connectivity index (χ4n) is 3.58. The third-order valence-electron chi connectivity index (χ3n) is 5.22. The van der Waals surface area contributed by atoms with Gasteiger partial charge in [0.2, 0.25) is 10.0 Å². The van der Waals surface area contributed by atoms with Crippen LogP contribution >= 0.6 is 0 Å². The number of hydrogen-bond donors (Lipinski definition) is 1. The Balaban J connectivity index is 1.44. The number of benzene rings is 1. The summed E-state index contributed by atoms with van der Waals surface area (Å²) in [4.78, 5) is 21.9. The highest BCUT2D eigenvalue weighted by Crippen LogP contribution is 2.25. The first kappa shape index (κ1) is 21.3. The van der Waals surface area contributed by atoms with Crippen molar-refractivity contribution in [2.24, 2.45) is 5.92 Å². The van der Waals surface area contributed by atoms with Crippen LogP contribution in [0.2, 0.25) is 0 Å². The van der Waals surface area contributed by atoms with Gasteiger partial charge >= 0.3 is 0 Å². The first-order valence-electron chi connectivity index (χ1n) is 10.3. The number of fused-ring (bicyclic) bond motifs is 1. The molecule has 1 aromatic carbocycles. The molecule has 1 amide bonds. The number of aromatic nitrogens is 2. The molecule has 2 aromatic heterocycles. The number of nitrogens with one attached hydrogen (secondary N) is 1. The molecule has 1 saturated heterocycles. The Labute approximate surface area is 181 Å². The Morgan fingerprint density at radius 3 is 2.68 bits per heavy atom. The monoisotopic (exact) mass is 442 g/mol. The van der Waals surface area contributed by atoms with Crippen molar-refractivity contribution in [2.75, 3.05) is 32.8 Å². The van der Waals surface area contributed by atoms with Crippen molar-refractivity contribution in [3.63, 3.8) is 0 Å². The Hall–Kier alpha value is -2.91. The molecule has 4 rings (SSSR count). The number of ether oxygens (including phenoxy) is 1. The lowest BCUT2D eigenvalue weighted by atomic mass is 10.1. The number of hydrogen-bond acceptors (Lipinski definition) is 5. The molecule has 8 nitrogen and oxygen atoms in total. The van der Waals surface area contributed by atoms with Gasteiger partial charge in [0.05, 0.1) is 6.61 Å². The van der Waals surface area contributed by atoms with Gasteiger partial charge in [-0.15, -0.1) is 0 Å². The number of piperazine rings is 1. The van der Waals surface area contributed by atoms with E-state index in [-0.39, 0.29) is 23.9 Å². The van der Waals surface area contributed by atoms with E-state index in [4.69, 9.17) is 4.74 Å². The summed E-state index contributed by atoms with van der Waals surface area (Å²) in [6.45, 7) is 5.85. The molecule has 0 radical (unpaired) electrons. The second-order valence-corrected chi connectivity index (χ2v) is 9.89. The summed E-state index contributed by atoms with van der Waals surface area (Å²) in [5.41, 5.74) is 1.08. The molecule has 0 spiro atoms. The molecule has 0 saturated carbocycles. The molecule has 9 heteroatoms. The number of aromatic amines is 1. The van der Waals surface area contributed by atoms with Crippen molar-refractivity contribution in [3.8, 4) is 5.75 Å². The van der Waals surface area contributed by atoms with Gasteiger partial charge in [0.15, 0.2) is 0 Å². The van der Waals surface area contributed by atoms with E-state index in [1.165, 1.54) is 10.5 Å². The van der Waals surface area contributed by atoms with Gasteiger partial charge in [0.1, 0.15) is 16.3 Å². The minimum atomic E-state index is -3.68. The van der Waals surface area contributed by atoms with Gasteiger partial charge in [-0.3, -0.25) is 4.79 Å². The quantitative estimate of drug-likeness (QED) is 0.633. The number of carbonyl (C=O) groups is 1. The van der Waals surface area contributed by atoms with E-state index in [1.54, 1.807) is 41.4 Å². The lowest BCUT2D eigenvalue weighted by Gasteiger charge is -2.34. The van der Waals surface area contributed by atoms with Crippen molar-refractivity contribution in [1.29, 1.82) is 0 Å². The van der Waals surface area contributed by atoms with Crippen LogP contribution in [0.1, 0.15) is 24.2 Å². The first-order valence-corrected chi connectivity index (χ1v) is 11.7. The zero-order valence-electron chi connectivity index (χ0n) is 17.6. The molecule has 3 aromatic rings. The number of amides is 1. The van der Waals surface area contributed by atoms with Crippen LogP contribution in [0.3, 0.4) is 0 Å². The summed E-state index contributed by atoms with van der Waals surface area (Å²) >= 11 is 0. The van der Waals surface area contributed by atoms with Crippen LogP contribution in [0.15, 0.2) is 53.7 Å². The topological polar surface area (TPSA) is 95.6 Å². The fourth-order valence-corrected chi connectivity index (χ4v) is 5.15. The van der Waals surface area contributed by atoms with Gasteiger partial charge in [-0.05, 0) is 36.2 Å². The standard InChI is InChI=1S/C22H26N4O4S/c1-16(2)15-30-18-6-3-5-17(13-18)22(27)25-9-11-26(12-10-25)31(28,29)20-14-24-21-19(20)7-4-8-23-21/h3-8,13-14,16H,9-12,15H2,1-2H3,(H,23,24). The maximum Gasteiger partial charge on any atom is 0.254 e. The van der Waals surface area contributed by atoms with Crippen molar-refractivity contribution in [3.05, 3.63) is 54.4 Å². The third kappa shape index (κ3) is 4.42. The summed E-state index contributed by atoms with van der Waals surface area (Å²) in [6, 6.07) is 10.6. The maximum absolute atomic E-state index is 13.1. The molecule has 1 aliphatic rings. The molecule has 0 atom stereocenters. The average Bonchev–Trinajstić information content (AvgIpc) is 3.22. The number of rotatable bonds is 6. The highest BCUT2D eigenvalue weighted by Gasteiger charge is 2.32. The number of sulfonamides is 1. The summed E-state index contributed by atoms with van der Waals surface area (Å²) in [6.07, 6.45) is 3.09. The molecule has 1 aliphatic heterocycles. The van der Waals surface area contributed by atoms with Gasteiger partial charge in [0.25, 0.3) is 5.91 Å². The van der Waals surface area contributed by atoms with E-state index in [9.17, 15) is 13.2 Å². The van der Waals surface area contributed by atoms with E-state index < -0.39 is 10.0 Å². The van der Waals surface area contributed by atoms with Crippen LogP contribution in [0.25, 0.3) is 11.0 Å². The maximum atomic E-state index is 13.1. The molecule has 31 heavy (non-hydrogen) atoms. The van der Waals surface area contributed by atoms with Gasteiger partial charge in [-0.25, -0.2) is 13.4 Å². The predicted molar refractivity (Wildman–Crippen MR) is 118 cm³/mol. The average molecular weight is 443 g/mol. The van der Waals surface area contributed by atoms with Gasteiger partial charge < -0.3 is 14.6 Å². The van der Waals surface area contributed by atoms with Gasteiger partial charge in [0, 0.05) is 49.5 Å². The summed E-state index contributed by atoms with van der Waals surface area (Å²) < 4.78 is 33.4. The molecular weight excluding hydrogens is 416 g/mol. The Kier molecular flexibility index (Phi) is 5.97. The first-order chi connectivity index (χ1) is 14.9. The van der Waals surface area contributed by atoms with Crippen LogP contribution in [-0.4, -0.2) is 66.3 Å². The van der Waals surface area contributed by atoms with E-state index >= 15 is 0 Å². The zero-order chi connectivity index (χ0) is 22.0. The predicted octanol–water partition coefficient (Wildman–Crippen LogP) is 2.74. The van der Waals surface area contributed by atoms with Crippen LogP contribution in [0.4, 0.5) is 0 Å². The van der Waals surface area contributed by atoms with Crippen LogP contribution in [-0.2, 0) is 10.0 Å². The van der Waals surface area contributed by atoms with Crippen LogP contribution < -0.4 is 4.74 Å². The normalized spacial score (nSPS) is 15.5. The van der Waals surface area contributed by atoms with Crippen molar-refractivity contribution >= 4 is 27.0 Å². The summed E-state index contributed by atoms with van der Waals surface area (Å²) in [5, 5.41) is 0.569. The minimum Gasteiger partial charge on any atom is -0.493 e. The second kappa shape index (κ2) is 8.68. The van der Waals surface area contributed by atoms with Crippen LogP contribution in [0.5, 0.6) is 5.75 Å². The fraction of sp³-hybridized carbons (Fsp3) is 0.364.